The number of nitrogen functional groups attached to an aromatic ring is 1. The predicted molar refractivity (Wildman–Crippen MR) is 77.9 cm³/mol. The number of nitrogens with two attached hydrogens (primary N) is 1. The highest BCUT2D eigenvalue weighted by molar-refractivity contribution is 5.95. The summed E-state index contributed by atoms with van der Waals surface area (Å²) in [5, 5.41) is 2.90. The minimum Gasteiger partial charge on any atom is -0.397 e. The Morgan fingerprint density at radius 1 is 1.20 bits per heavy atom. The van der Waals surface area contributed by atoms with Gasteiger partial charge in [-0.1, -0.05) is 0 Å². The Labute approximate surface area is 118 Å². The SMILES string of the molecule is Nc1cc2c(cc1N1CC3CCC(C1)O3)CCC(=O)N2. The highest BCUT2D eigenvalue weighted by Gasteiger charge is 2.34. The van der Waals surface area contributed by atoms with Gasteiger partial charge in [0.15, 0.2) is 0 Å². The zero-order valence-corrected chi connectivity index (χ0v) is 11.4. The first kappa shape index (κ1) is 12.0. The van der Waals surface area contributed by atoms with Gasteiger partial charge in [-0.2, -0.15) is 0 Å². The van der Waals surface area contributed by atoms with Gasteiger partial charge in [-0.05, 0) is 37.0 Å². The fourth-order valence-electron chi connectivity index (χ4n) is 3.52. The summed E-state index contributed by atoms with van der Waals surface area (Å²) in [5.74, 6) is 0.0778. The molecule has 0 saturated carbocycles. The summed E-state index contributed by atoms with van der Waals surface area (Å²) in [7, 11) is 0. The van der Waals surface area contributed by atoms with Crippen molar-refractivity contribution in [3.05, 3.63) is 17.7 Å². The number of benzene rings is 1. The molecular weight excluding hydrogens is 254 g/mol. The molecule has 106 valence electrons. The van der Waals surface area contributed by atoms with Crippen LogP contribution in [0.15, 0.2) is 12.1 Å². The summed E-state index contributed by atoms with van der Waals surface area (Å²) in [5.41, 5.74) is 10.1. The van der Waals surface area contributed by atoms with Crippen LogP contribution in [0.25, 0.3) is 0 Å². The van der Waals surface area contributed by atoms with Crippen LogP contribution >= 0.6 is 0 Å². The van der Waals surface area contributed by atoms with Gasteiger partial charge in [0.1, 0.15) is 0 Å². The summed E-state index contributed by atoms with van der Waals surface area (Å²) in [4.78, 5) is 13.8. The number of rotatable bonds is 1. The van der Waals surface area contributed by atoms with E-state index in [-0.39, 0.29) is 5.91 Å². The molecule has 3 aliphatic rings. The summed E-state index contributed by atoms with van der Waals surface area (Å²) < 4.78 is 5.88. The normalized spacial score (nSPS) is 28.2. The van der Waals surface area contributed by atoms with Crippen molar-refractivity contribution in [3.8, 4) is 0 Å². The second-order valence-electron chi connectivity index (χ2n) is 5.98. The molecule has 0 aliphatic carbocycles. The molecule has 2 bridgehead atoms. The van der Waals surface area contributed by atoms with Gasteiger partial charge in [0.25, 0.3) is 0 Å². The maximum Gasteiger partial charge on any atom is 0.224 e. The van der Waals surface area contributed by atoms with E-state index >= 15 is 0 Å². The molecule has 0 spiro atoms. The maximum absolute atomic E-state index is 11.4. The molecule has 3 heterocycles. The Bertz CT molecular complexity index is 560. The predicted octanol–water partition coefficient (Wildman–Crippen LogP) is 1.52. The lowest BCUT2D eigenvalue weighted by Gasteiger charge is -2.35. The Hall–Kier alpha value is -1.75. The lowest BCUT2D eigenvalue weighted by Crippen LogP contribution is -2.43. The molecule has 1 aromatic carbocycles. The highest BCUT2D eigenvalue weighted by atomic mass is 16.5. The van der Waals surface area contributed by atoms with Gasteiger partial charge in [0.05, 0.1) is 23.6 Å². The molecule has 20 heavy (non-hydrogen) atoms. The quantitative estimate of drug-likeness (QED) is 0.761. The molecular formula is C15H19N3O2. The number of anilines is 3. The zero-order chi connectivity index (χ0) is 13.7. The van der Waals surface area contributed by atoms with Gasteiger partial charge >= 0.3 is 0 Å². The number of fused-ring (bicyclic) bond motifs is 3. The van der Waals surface area contributed by atoms with Crippen molar-refractivity contribution in [2.24, 2.45) is 0 Å². The van der Waals surface area contributed by atoms with Gasteiger partial charge in [-0.3, -0.25) is 4.79 Å². The van der Waals surface area contributed by atoms with E-state index in [0.717, 1.165) is 49.4 Å². The first-order valence-electron chi connectivity index (χ1n) is 7.32. The number of morpholine rings is 1. The lowest BCUT2D eigenvalue weighted by molar-refractivity contribution is -0.116. The third-order valence-corrected chi connectivity index (χ3v) is 4.53. The Balaban J connectivity index is 1.66. The van der Waals surface area contributed by atoms with E-state index in [9.17, 15) is 4.79 Å². The summed E-state index contributed by atoms with van der Waals surface area (Å²) in [6.07, 6.45) is 4.37. The van der Waals surface area contributed by atoms with E-state index in [1.54, 1.807) is 0 Å². The molecule has 2 atom stereocenters. The van der Waals surface area contributed by atoms with Crippen LogP contribution < -0.4 is 16.0 Å². The molecule has 3 aliphatic heterocycles. The largest absolute Gasteiger partial charge is 0.397 e. The van der Waals surface area contributed by atoms with Crippen LogP contribution in [0.4, 0.5) is 17.1 Å². The van der Waals surface area contributed by atoms with Crippen molar-refractivity contribution in [2.75, 3.05) is 29.0 Å². The number of hydrogen-bond acceptors (Lipinski definition) is 4. The minimum atomic E-state index is 0.0778. The van der Waals surface area contributed by atoms with Crippen molar-refractivity contribution in [1.29, 1.82) is 0 Å². The molecule has 1 amide bonds. The van der Waals surface area contributed by atoms with E-state index in [1.165, 1.54) is 5.56 Å². The number of carbonyl (C=O) groups is 1. The topological polar surface area (TPSA) is 67.6 Å². The molecule has 5 nitrogen and oxygen atoms in total. The monoisotopic (exact) mass is 273 g/mol. The molecule has 0 aromatic heterocycles. The second-order valence-corrected chi connectivity index (χ2v) is 5.98. The van der Waals surface area contributed by atoms with Gasteiger partial charge in [0, 0.05) is 25.2 Å². The van der Waals surface area contributed by atoms with E-state index in [4.69, 9.17) is 10.5 Å². The van der Waals surface area contributed by atoms with Gasteiger partial charge < -0.3 is 20.7 Å². The van der Waals surface area contributed by atoms with Crippen LogP contribution in [0.5, 0.6) is 0 Å². The average Bonchev–Trinajstić information content (AvgIpc) is 2.76. The van der Waals surface area contributed by atoms with Crippen LogP contribution in [-0.4, -0.2) is 31.2 Å². The van der Waals surface area contributed by atoms with E-state index < -0.39 is 0 Å². The number of ether oxygens (including phenoxy) is 1. The molecule has 2 unspecified atom stereocenters. The maximum atomic E-state index is 11.4. The lowest BCUT2D eigenvalue weighted by atomic mass is 10.0. The van der Waals surface area contributed by atoms with Crippen LogP contribution in [0.2, 0.25) is 0 Å². The van der Waals surface area contributed by atoms with Crippen LogP contribution in [0, 0.1) is 0 Å². The van der Waals surface area contributed by atoms with Crippen molar-refractivity contribution in [2.45, 2.75) is 37.9 Å². The van der Waals surface area contributed by atoms with E-state index in [2.05, 4.69) is 16.3 Å². The standard InChI is InChI=1S/C15H19N3O2/c16-12-6-13-9(1-4-15(19)17-13)5-14(12)18-7-10-2-3-11(8-18)20-10/h5-6,10-11H,1-4,7-8,16H2,(H,17,19). The van der Waals surface area contributed by atoms with E-state index in [1.807, 2.05) is 6.07 Å². The number of hydrogen-bond donors (Lipinski definition) is 2. The Morgan fingerprint density at radius 2 is 1.95 bits per heavy atom. The third kappa shape index (κ3) is 1.93. The molecule has 2 fully saturated rings. The fraction of sp³-hybridized carbons (Fsp3) is 0.533. The molecule has 4 rings (SSSR count). The number of aryl methyl sites for hydroxylation is 1. The van der Waals surface area contributed by atoms with Crippen LogP contribution in [0.3, 0.4) is 0 Å². The second kappa shape index (κ2) is 4.38. The van der Waals surface area contributed by atoms with Crippen LogP contribution in [-0.2, 0) is 16.0 Å². The number of nitrogens with one attached hydrogen (secondary N) is 1. The third-order valence-electron chi connectivity index (χ3n) is 4.53. The molecule has 5 heteroatoms. The van der Waals surface area contributed by atoms with Crippen molar-refractivity contribution in [3.63, 3.8) is 0 Å². The van der Waals surface area contributed by atoms with Crippen molar-refractivity contribution >= 4 is 23.0 Å². The van der Waals surface area contributed by atoms with Gasteiger partial charge in [-0.15, -0.1) is 0 Å². The Morgan fingerprint density at radius 3 is 2.70 bits per heavy atom. The van der Waals surface area contributed by atoms with E-state index in [0.29, 0.717) is 18.6 Å². The van der Waals surface area contributed by atoms with Crippen molar-refractivity contribution in [1.82, 2.24) is 0 Å². The minimum absolute atomic E-state index is 0.0778. The van der Waals surface area contributed by atoms with Gasteiger partial charge in [-0.25, -0.2) is 0 Å². The van der Waals surface area contributed by atoms with Crippen LogP contribution in [0.1, 0.15) is 24.8 Å². The smallest absolute Gasteiger partial charge is 0.224 e. The summed E-state index contributed by atoms with van der Waals surface area (Å²) >= 11 is 0. The summed E-state index contributed by atoms with van der Waals surface area (Å²) in [6.45, 7) is 1.84. The zero-order valence-electron chi connectivity index (χ0n) is 11.4. The summed E-state index contributed by atoms with van der Waals surface area (Å²) in [6, 6.07) is 4.05. The Kier molecular flexibility index (Phi) is 2.63. The first-order valence-corrected chi connectivity index (χ1v) is 7.32. The number of carbonyl (C=O) groups excluding carboxylic acids is 1. The van der Waals surface area contributed by atoms with Gasteiger partial charge in [0.2, 0.25) is 5.91 Å². The van der Waals surface area contributed by atoms with Crippen molar-refractivity contribution < 1.29 is 9.53 Å². The fourth-order valence-corrected chi connectivity index (χ4v) is 3.52. The molecule has 3 N–H and O–H groups in total. The molecule has 2 saturated heterocycles. The highest BCUT2D eigenvalue weighted by Crippen LogP contribution is 2.36. The number of amides is 1. The molecule has 0 radical (unpaired) electrons. The first-order chi connectivity index (χ1) is 9.69. The molecule has 1 aromatic rings. The average molecular weight is 273 g/mol. The number of nitrogens with zero attached hydrogens (tertiary/aromatic N) is 1.